The van der Waals surface area contributed by atoms with Crippen molar-refractivity contribution in [1.82, 2.24) is 0 Å². The minimum absolute atomic E-state index is 0.175. The molecule has 0 aliphatic rings. The lowest BCUT2D eigenvalue weighted by atomic mass is 9.98. The van der Waals surface area contributed by atoms with Gasteiger partial charge in [0.1, 0.15) is 11.9 Å². The molecule has 0 aliphatic heterocycles. The number of carbonyl (C=O) groups excluding carboxylic acids is 2. The average Bonchev–Trinajstić information content (AvgIpc) is 2.45. The first-order chi connectivity index (χ1) is 9.90. The van der Waals surface area contributed by atoms with Gasteiger partial charge in [-0.05, 0) is 32.0 Å². The quantitative estimate of drug-likeness (QED) is 0.581. The second-order valence-corrected chi connectivity index (χ2v) is 4.53. The summed E-state index contributed by atoms with van der Waals surface area (Å²) in [5.41, 5.74) is 0.634. The van der Waals surface area contributed by atoms with Crippen molar-refractivity contribution in [3.05, 3.63) is 29.3 Å². The van der Waals surface area contributed by atoms with Crippen molar-refractivity contribution in [2.24, 2.45) is 0 Å². The van der Waals surface area contributed by atoms with Gasteiger partial charge in [-0.25, -0.2) is 0 Å². The van der Waals surface area contributed by atoms with Gasteiger partial charge >= 0.3 is 5.97 Å². The standard InChI is InChI=1S/C15H20O6/c1-4-21-14(18)8-12(17)15(19)11-7-10(9(2)16)5-6-13(11)20-3/h5-7,12,15,17,19H,4,8H2,1-3H3. The largest absolute Gasteiger partial charge is 0.496 e. The molecule has 0 heterocycles. The molecule has 6 nitrogen and oxygen atoms in total. The maximum Gasteiger partial charge on any atom is 0.308 e. The molecule has 0 bridgehead atoms. The number of carbonyl (C=O) groups is 2. The summed E-state index contributed by atoms with van der Waals surface area (Å²) >= 11 is 0. The van der Waals surface area contributed by atoms with Gasteiger partial charge in [-0.2, -0.15) is 0 Å². The Balaban J connectivity index is 2.98. The summed E-state index contributed by atoms with van der Waals surface area (Å²) < 4.78 is 9.83. The maximum atomic E-state index is 11.4. The Hall–Kier alpha value is -1.92. The van der Waals surface area contributed by atoms with E-state index in [1.807, 2.05) is 0 Å². The minimum Gasteiger partial charge on any atom is -0.496 e. The number of hydrogen-bond donors (Lipinski definition) is 2. The molecule has 0 amide bonds. The van der Waals surface area contributed by atoms with Crippen LogP contribution in [0.4, 0.5) is 0 Å². The van der Waals surface area contributed by atoms with Crippen molar-refractivity contribution in [1.29, 1.82) is 0 Å². The van der Waals surface area contributed by atoms with Crippen molar-refractivity contribution in [3.63, 3.8) is 0 Å². The van der Waals surface area contributed by atoms with Crippen molar-refractivity contribution >= 4 is 11.8 Å². The molecule has 0 spiro atoms. The molecule has 0 aliphatic carbocycles. The SMILES string of the molecule is CCOC(=O)CC(O)C(O)c1cc(C(C)=O)ccc1OC. The highest BCUT2D eigenvalue weighted by Gasteiger charge is 2.25. The van der Waals surface area contributed by atoms with E-state index in [9.17, 15) is 19.8 Å². The molecule has 21 heavy (non-hydrogen) atoms. The highest BCUT2D eigenvalue weighted by molar-refractivity contribution is 5.94. The van der Waals surface area contributed by atoms with Gasteiger partial charge in [0, 0.05) is 11.1 Å². The number of rotatable bonds is 7. The molecule has 0 saturated carbocycles. The van der Waals surface area contributed by atoms with E-state index in [4.69, 9.17) is 9.47 Å². The van der Waals surface area contributed by atoms with Crippen molar-refractivity contribution in [2.45, 2.75) is 32.5 Å². The Morgan fingerprint density at radius 1 is 1.29 bits per heavy atom. The van der Waals surface area contributed by atoms with E-state index in [0.717, 1.165) is 0 Å². The van der Waals surface area contributed by atoms with Crippen molar-refractivity contribution in [3.8, 4) is 5.75 Å². The third kappa shape index (κ3) is 4.54. The van der Waals surface area contributed by atoms with Gasteiger partial charge in [0.05, 0.1) is 26.2 Å². The van der Waals surface area contributed by atoms with E-state index < -0.39 is 18.2 Å². The summed E-state index contributed by atoms with van der Waals surface area (Å²) in [6.45, 7) is 3.25. The predicted molar refractivity (Wildman–Crippen MR) is 75.2 cm³/mol. The Morgan fingerprint density at radius 2 is 1.95 bits per heavy atom. The van der Waals surface area contributed by atoms with Crippen molar-refractivity contribution < 1.29 is 29.3 Å². The Labute approximate surface area is 123 Å². The number of methoxy groups -OCH3 is 1. The number of ether oxygens (including phenoxy) is 2. The molecule has 2 N–H and O–H groups in total. The van der Waals surface area contributed by atoms with Gasteiger partial charge in [-0.15, -0.1) is 0 Å². The molecule has 1 rings (SSSR count). The summed E-state index contributed by atoms with van der Waals surface area (Å²) in [5.74, 6) is -0.452. The van der Waals surface area contributed by atoms with Crippen LogP contribution >= 0.6 is 0 Å². The van der Waals surface area contributed by atoms with Crippen molar-refractivity contribution in [2.75, 3.05) is 13.7 Å². The number of aliphatic hydroxyl groups excluding tert-OH is 2. The smallest absolute Gasteiger partial charge is 0.308 e. The van der Waals surface area contributed by atoms with Crippen LogP contribution in [0.2, 0.25) is 0 Å². The lowest BCUT2D eigenvalue weighted by Gasteiger charge is -2.20. The van der Waals surface area contributed by atoms with E-state index in [0.29, 0.717) is 11.3 Å². The molecule has 1 aromatic rings. The first-order valence-corrected chi connectivity index (χ1v) is 6.61. The first kappa shape index (κ1) is 17.1. The fourth-order valence-electron chi connectivity index (χ4n) is 1.89. The molecule has 2 unspecified atom stereocenters. The van der Waals surface area contributed by atoms with Gasteiger partial charge in [-0.3, -0.25) is 9.59 Å². The van der Waals surface area contributed by atoms with Crippen LogP contribution in [0.15, 0.2) is 18.2 Å². The Kier molecular flexibility index (Phi) is 6.33. The summed E-state index contributed by atoms with van der Waals surface area (Å²) in [4.78, 5) is 22.7. The zero-order valence-corrected chi connectivity index (χ0v) is 12.3. The molecule has 0 radical (unpaired) electrons. The monoisotopic (exact) mass is 296 g/mol. The lowest BCUT2D eigenvalue weighted by Crippen LogP contribution is -2.23. The third-order valence-electron chi connectivity index (χ3n) is 3.00. The summed E-state index contributed by atoms with van der Waals surface area (Å²) in [7, 11) is 1.41. The molecular weight excluding hydrogens is 276 g/mol. The fourth-order valence-corrected chi connectivity index (χ4v) is 1.89. The number of hydrogen-bond acceptors (Lipinski definition) is 6. The van der Waals surface area contributed by atoms with Crippen LogP contribution in [0, 0.1) is 0 Å². The second-order valence-electron chi connectivity index (χ2n) is 4.53. The van der Waals surface area contributed by atoms with E-state index in [1.165, 1.54) is 26.2 Å². The number of Topliss-reactive ketones (excluding diaryl/α,β-unsaturated/α-hetero) is 1. The summed E-state index contributed by atoms with van der Waals surface area (Å²) in [6.07, 6.45) is -3.05. The number of ketones is 1. The van der Waals surface area contributed by atoms with Gasteiger partial charge < -0.3 is 19.7 Å². The highest BCUT2D eigenvalue weighted by Crippen LogP contribution is 2.29. The van der Waals surface area contributed by atoms with Crippen LogP contribution < -0.4 is 4.74 Å². The molecule has 0 aromatic heterocycles. The van der Waals surface area contributed by atoms with Crippen LogP contribution in [0.3, 0.4) is 0 Å². The number of esters is 1. The third-order valence-corrected chi connectivity index (χ3v) is 3.00. The topological polar surface area (TPSA) is 93.1 Å². The zero-order chi connectivity index (χ0) is 16.0. The van der Waals surface area contributed by atoms with Crippen LogP contribution in [0.25, 0.3) is 0 Å². The van der Waals surface area contributed by atoms with E-state index in [-0.39, 0.29) is 24.4 Å². The van der Waals surface area contributed by atoms with Crippen LogP contribution in [0.1, 0.15) is 42.3 Å². The minimum atomic E-state index is -1.36. The van der Waals surface area contributed by atoms with Crippen LogP contribution in [0.5, 0.6) is 5.75 Å². The van der Waals surface area contributed by atoms with Gasteiger partial charge in [0.2, 0.25) is 0 Å². The maximum absolute atomic E-state index is 11.4. The van der Waals surface area contributed by atoms with E-state index >= 15 is 0 Å². The normalized spacial score (nSPS) is 13.4. The van der Waals surface area contributed by atoms with Gasteiger partial charge in [-0.1, -0.05) is 0 Å². The summed E-state index contributed by atoms with van der Waals surface area (Å²) in [5, 5.41) is 20.1. The molecule has 0 saturated heterocycles. The summed E-state index contributed by atoms with van der Waals surface area (Å²) in [6, 6.07) is 4.54. The fraction of sp³-hybridized carbons (Fsp3) is 0.467. The predicted octanol–water partition coefficient (Wildman–Crippen LogP) is 1.25. The van der Waals surface area contributed by atoms with Gasteiger partial charge in [0.25, 0.3) is 0 Å². The lowest BCUT2D eigenvalue weighted by molar-refractivity contribution is -0.147. The molecule has 0 fully saturated rings. The molecule has 1 aromatic carbocycles. The highest BCUT2D eigenvalue weighted by atomic mass is 16.5. The van der Waals surface area contributed by atoms with Crippen LogP contribution in [-0.2, 0) is 9.53 Å². The van der Waals surface area contributed by atoms with E-state index in [2.05, 4.69) is 0 Å². The molecule has 116 valence electrons. The molecule has 2 atom stereocenters. The average molecular weight is 296 g/mol. The first-order valence-electron chi connectivity index (χ1n) is 6.61. The second kappa shape index (κ2) is 7.75. The zero-order valence-electron chi connectivity index (χ0n) is 12.3. The number of benzene rings is 1. The van der Waals surface area contributed by atoms with Gasteiger partial charge in [0.15, 0.2) is 5.78 Å². The van der Waals surface area contributed by atoms with Crippen LogP contribution in [-0.4, -0.2) is 41.8 Å². The van der Waals surface area contributed by atoms with E-state index in [1.54, 1.807) is 13.0 Å². The Morgan fingerprint density at radius 3 is 2.48 bits per heavy atom. The Bertz CT molecular complexity index is 511. The molecule has 6 heteroatoms. The number of aliphatic hydroxyl groups is 2. The molecular formula is C15H20O6.